The van der Waals surface area contributed by atoms with Crippen LogP contribution >= 0.6 is 11.6 Å². The summed E-state index contributed by atoms with van der Waals surface area (Å²) in [6, 6.07) is 16.0. The predicted octanol–water partition coefficient (Wildman–Crippen LogP) is 3.75. The molecule has 0 amide bonds. The molecule has 0 radical (unpaired) electrons. The number of morpholine rings is 1. The third kappa shape index (κ3) is 4.47. The zero-order valence-corrected chi connectivity index (χ0v) is 13.3. The van der Waals surface area contributed by atoms with Crippen LogP contribution in [0.2, 0.25) is 5.02 Å². The highest BCUT2D eigenvalue weighted by atomic mass is 35.5. The van der Waals surface area contributed by atoms with Gasteiger partial charge in [0, 0.05) is 24.7 Å². The van der Waals surface area contributed by atoms with E-state index in [0.29, 0.717) is 6.61 Å². The van der Waals surface area contributed by atoms with Gasteiger partial charge in [-0.25, -0.2) is 0 Å². The average molecular weight is 318 g/mol. The van der Waals surface area contributed by atoms with E-state index in [2.05, 4.69) is 29.2 Å². The predicted molar refractivity (Wildman–Crippen MR) is 88.3 cm³/mol. The highest BCUT2D eigenvalue weighted by Gasteiger charge is 2.10. The topological polar surface area (TPSA) is 21.7 Å². The van der Waals surface area contributed by atoms with Crippen molar-refractivity contribution in [1.82, 2.24) is 4.90 Å². The van der Waals surface area contributed by atoms with Crippen LogP contribution < -0.4 is 4.74 Å². The summed E-state index contributed by atoms with van der Waals surface area (Å²) in [6.07, 6.45) is 0. The summed E-state index contributed by atoms with van der Waals surface area (Å²) in [5.41, 5.74) is 2.50. The van der Waals surface area contributed by atoms with Crippen molar-refractivity contribution in [3.8, 4) is 5.75 Å². The van der Waals surface area contributed by atoms with E-state index in [4.69, 9.17) is 21.1 Å². The molecule has 1 aliphatic heterocycles. The molecule has 2 aromatic carbocycles. The summed E-state index contributed by atoms with van der Waals surface area (Å²) in [5, 5.41) is 0.722. The second-order valence-corrected chi connectivity index (χ2v) is 5.89. The van der Waals surface area contributed by atoms with Gasteiger partial charge in [0.1, 0.15) is 12.4 Å². The Balaban J connectivity index is 1.57. The maximum Gasteiger partial charge on any atom is 0.119 e. The molecule has 116 valence electrons. The number of ether oxygens (including phenoxy) is 2. The Kier molecular flexibility index (Phi) is 5.33. The van der Waals surface area contributed by atoms with Crippen LogP contribution in [0, 0.1) is 0 Å². The second kappa shape index (κ2) is 7.63. The van der Waals surface area contributed by atoms with Gasteiger partial charge in [-0.1, -0.05) is 35.9 Å². The molecule has 1 aliphatic rings. The molecule has 4 heteroatoms. The molecular weight excluding hydrogens is 298 g/mol. The molecule has 0 aliphatic carbocycles. The zero-order valence-electron chi connectivity index (χ0n) is 12.5. The number of hydrogen-bond donors (Lipinski definition) is 0. The molecule has 3 nitrogen and oxygen atoms in total. The fourth-order valence-corrected chi connectivity index (χ4v) is 2.66. The van der Waals surface area contributed by atoms with Crippen LogP contribution in [0.25, 0.3) is 0 Å². The van der Waals surface area contributed by atoms with Crippen molar-refractivity contribution >= 4 is 11.6 Å². The van der Waals surface area contributed by atoms with Gasteiger partial charge < -0.3 is 9.47 Å². The van der Waals surface area contributed by atoms with Gasteiger partial charge in [-0.2, -0.15) is 0 Å². The molecule has 0 atom stereocenters. The lowest BCUT2D eigenvalue weighted by atomic mass is 10.1. The zero-order chi connectivity index (χ0) is 15.2. The lowest BCUT2D eigenvalue weighted by Crippen LogP contribution is -2.35. The van der Waals surface area contributed by atoms with Crippen molar-refractivity contribution in [2.45, 2.75) is 13.2 Å². The van der Waals surface area contributed by atoms with Gasteiger partial charge in [0.05, 0.1) is 13.2 Å². The lowest BCUT2D eigenvalue weighted by Gasteiger charge is -2.26. The first-order valence-corrected chi connectivity index (χ1v) is 7.94. The van der Waals surface area contributed by atoms with Crippen LogP contribution in [-0.2, 0) is 17.9 Å². The summed E-state index contributed by atoms with van der Waals surface area (Å²) in [6.45, 7) is 5.21. The summed E-state index contributed by atoms with van der Waals surface area (Å²) in [5.74, 6) is 0.836. The van der Waals surface area contributed by atoms with Crippen molar-refractivity contribution in [2.24, 2.45) is 0 Å². The number of rotatable bonds is 5. The van der Waals surface area contributed by atoms with Crippen molar-refractivity contribution < 1.29 is 9.47 Å². The Morgan fingerprint density at radius 1 is 1.00 bits per heavy atom. The Morgan fingerprint density at radius 3 is 2.50 bits per heavy atom. The first-order valence-electron chi connectivity index (χ1n) is 7.56. The highest BCUT2D eigenvalue weighted by Crippen LogP contribution is 2.17. The number of nitrogens with zero attached hydrogens (tertiary/aromatic N) is 1. The molecule has 0 aromatic heterocycles. The van der Waals surface area contributed by atoms with Crippen LogP contribution in [-0.4, -0.2) is 31.2 Å². The summed E-state index contributed by atoms with van der Waals surface area (Å²) in [7, 11) is 0. The lowest BCUT2D eigenvalue weighted by molar-refractivity contribution is 0.0342. The Labute approximate surface area is 136 Å². The van der Waals surface area contributed by atoms with Crippen LogP contribution in [0.15, 0.2) is 48.5 Å². The van der Waals surface area contributed by atoms with Crippen molar-refractivity contribution in [3.05, 3.63) is 64.7 Å². The number of halogens is 1. The molecule has 1 fully saturated rings. The molecule has 1 heterocycles. The summed E-state index contributed by atoms with van der Waals surface area (Å²) < 4.78 is 11.2. The molecule has 1 saturated heterocycles. The Hall–Kier alpha value is -1.55. The smallest absolute Gasteiger partial charge is 0.119 e. The highest BCUT2D eigenvalue weighted by molar-refractivity contribution is 6.30. The molecule has 0 spiro atoms. The normalized spacial score (nSPS) is 15.7. The molecule has 22 heavy (non-hydrogen) atoms. The van der Waals surface area contributed by atoms with Crippen molar-refractivity contribution in [2.75, 3.05) is 26.3 Å². The fraction of sp³-hybridized carbons (Fsp3) is 0.333. The monoisotopic (exact) mass is 317 g/mol. The van der Waals surface area contributed by atoms with Gasteiger partial charge >= 0.3 is 0 Å². The molecule has 0 saturated carbocycles. The van der Waals surface area contributed by atoms with Crippen LogP contribution in [0.3, 0.4) is 0 Å². The summed E-state index contributed by atoms with van der Waals surface area (Å²) in [4.78, 5) is 2.42. The quantitative estimate of drug-likeness (QED) is 0.838. The molecule has 0 unspecified atom stereocenters. The third-order valence-corrected chi connectivity index (χ3v) is 3.97. The van der Waals surface area contributed by atoms with E-state index in [1.165, 1.54) is 11.1 Å². The second-order valence-electron chi connectivity index (χ2n) is 5.45. The maximum atomic E-state index is 5.87. The SMILES string of the molecule is Clc1ccc(OCc2cccc(CN3CCOCC3)c2)cc1. The van der Waals surface area contributed by atoms with Gasteiger partial charge in [0.2, 0.25) is 0 Å². The van der Waals surface area contributed by atoms with E-state index in [-0.39, 0.29) is 0 Å². The minimum absolute atomic E-state index is 0.568. The van der Waals surface area contributed by atoms with E-state index < -0.39 is 0 Å². The molecule has 0 bridgehead atoms. The Bertz CT molecular complexity index is 594. The van der Waals surface area contributed by atoms with E-state index in [0.717, 1.165) is 43.6 Å². The van der Waals surface area contributed by atoms with E-state index >= 15 is 0 Å². The van der Waals surface area contributed by atoms with Crippen LogP contribution in [0.1, 0.15) is 11.1 Å². The van der Waals surface area contributed by atoms with Crippen LogP contribution in [0.4, 0.5) is 0 Å². The van der Waals surface area contributed by atoms with Gasteiger partial charge in [-0.05, 0) is 35.4 Å². The summed E-state index contributed by atoms with van der Waals surface area (Å²) >= 11 is 5.87. The van der Waals surface area contributed by atoms with Crippen molar-refractivity contribution in [1.29, 1.82) is 0 Å². The van der Waals surface area contributed by atoms with Crippen LogP contribution in [0.5, 0.6) is 5.75 Å². The molecule has 3 rings (SSSR count). The molecule has 0 N–H and O–H groups in total. The first-order chi connectivity index (χ1) is 10.8. The Morgan fingerprint density at radius 2 is 1.73 bits per heavy atom. The minimum atomic E-state index is 0.568. The maximum absolute atomic E-state index is 5.87. The third-order valence-electron chi connectivity index (χ3n) is 3.72. The van der Waals surface area contributed by atoms with Gasteiger partial charge in [0.25, 0.3) is 0 Å². The van der Waals surface area contributed by atoms with Gasteiger partial charge in [0.15, 0.2) is 0 Å². The number of benzene rings is 2. The molecular formula is C18H20ClNO2. The van der Waals surface area contributed by atoms with Gasteiger partial charge in [-0.15, -0.1) is 0 Å². The van der Waals surface area contributed by atoms with Gasteiger partial charge in [-0.3, -0.25) is 4.90 Å². The first kappa shape index (κ1) is 15.3. The molecule has 2 aromatic rings. The van der Waals surface area contributed by atoms with Crippen molar-refractivity contribution in [3.63, 3.8) is 0 Å². The van der Waals surface area contributed by atoms with E-state index in [9.17, 15) is 0 Å². The van der Waals surface area contributed by atoms with E-state index in [1.54, 1.807) is 0 Å². The largest absolute Gasteiger partial charge is 0.489 e. The number of hydrogen-bond acceptors (Lipinski definition) is 3. The standard InChI is InChI=1S/C18H20ClNO2/c19-17-4-6-18(7-5-17)22-14-16-3-1-2-15(12-16)13-20-8-10-21-11-9-20/h1-7,12H,8-11,13-14H2. The van der Waals surface area contributed by atoms with E-state index in [1.807, 2.05) is 24.3 Å². The fourth-order valence-electron chi connectivity index (χ4n) is 2.53. The average Bonchev–Trinajstić information content (AvgIpc) is 2.56. The minimum Gasteiger partial charge on any atom is -0.489 e.